The van der Waals surface area contributed by atoms with Gasteiger partial charge in [0.2, 0.25) is 5.91 Å². The molecule has 0 radical (unpaired) electrons. The lowest BCUT2D eigenvalue weighted by Crippen LogP contribution is -2.40. The summed E-state index contributed by atoms with van der Waals surface area (Å²) in [7, 11) is 0. The van der Waals surface area contributed by atoms with Gasteiger partial charge in [0, 0.05) is 6.54 Å². The van der Waals surface area contributed by atoms with Crippen LogP contribution in [0.5, 0.6) is 0 Å². The summed E-state index contributed by atoms with van der Waals surface area (Å²) in [6.07, 6.45) is 3.22. The minimum Gasteiger partial charge on any atom is -0.351 e. The summed E-state index contributed by atoms with van der Waals surface area (Å²) in [6, 6.07) is 16.2. The van der Waals surface area contributed by atoms with Gasteiger partial charge in [-0.2, -0.15) is 5.10 Å². The third kappa shape index (κ3) is 3.99. The molecule has 5 heteroatoms. The van der Waals surface area contributed by atoms with E-state index in [-0.39, 0.29) is 5.91 Å². The van der Waals surface area contributed by atoms with Gasteiger partial charge in [-0.15, -0.1) is 0 Å². The molecule has 0 aliphatic heterocycles. The van der Waals surface area contributed by atoms with E-state index in [2.05, 4.69) is 27.5 Å². The van der Waals surface area contributed by atoms with Gasteiger partial charge < -0.3 is 5.32 Å². The normalized spacial score (nSPS) is 11.3. The Morgan fingerprint density at radius 1 is 1.08 bits per heavy atom. The van der Waals surface area contributed by atoms with Crippen LogP contribution >= 0.6 is 0 Å². The molecular weight excluding hydrogens is 324 g/mol. The van der Waals surface area contributed by atoms with Crippen LogP contribution in [0.3, 0.4) is 0 Å². The summed E-state index contributed by atoms with van der Waals surface area (Å²) in [5, 5.41) is 7.17. The van der Waals surface area contributed by atoms with Gasteiger partial charge >= 0.3 is 0 Å². The second-order valence-corrected chi connectivity index (χ2v) is 7.03. The van der Waals surface area contributed by atoms with Crippen LogP contribution in [0.2, 0.25) is 0 Å². The molecule has 1 N–H and O–H groups in total. The molecule has 0 aliphatic rings. The van der Waals surface area contributed by atoms with Gasteiger partial charge in [-0.05, 0) is 43.0 Å². The van der Waals surface area contributed by atoms with Gasteiger partial charge in [0.25, 0.3) is 0 Å². The second-order valence-electron chi connectivity index (χ2n) is 7.03. The maximum Gasteiger partial charge on any atom is 0.230 e. The molecule has 1 aromatic heterocycles. The monoisotopic (exact) mass is 348 g/mol. The maximum absolute atomic E-state index is 12.7. The lowest BCUT2D eigenvalue weighted by molar-refractivity contribution is -0.125. The van der Waals surface area contributed by atoms with Crippen molar-refractivity contribution in [3.05, 3.63) is 83.4 Å². The van der Waals surface area contributed by atoms with Crippen molar-refractivity contribution in [3.8, 4) is 0 Å². The quantitative estimate of drug-likeness (QED) is 0.744. The lowest BCUT2D eigenvalue weighted by Gasteiger charge is -2.26. The van der Waals surface area contributed by atoms with Gasteiger partial charge in [-0.1, -0.05) is 48.5 Å². The number of nitrogens with one attached hydrogen (secondary N) is 1. The van der Waals surface area contributed by atoms with Crippen molar-refractivity contribution in [1.82, 2.24) is 20.1 Å². The molecule has 0 saturated heterocycles. The zero-order valence-corrected chi connectivity index (χ0v) is 15.4. The van der Waals surface area contributed by atoms with Crippen molar-refractivity contribution in [2.75, 3.05) is 0 Å². The first-order valence-electron chi connectivity index (χ1n) is 8.71. The highest BCUT2D eigenvalue weighted by molar-refractivity contribution is 5.87. The van der Waals surface area contributed by atoms with Crippen LogP contribution in [0, 0.1) is 6.92 Å². The Bertz CT molecular complexity index is 867. The third-order valence-corrected chi connectivity index (χ3v) is 4.67. The predicted octanol–water partition coefficient (Wildman–Crippen LogP) is 3.23. The first-order chi connectivity index (χ1) is 12.5. The fourth-order valence-electron chi connectivity index (χ4n) is 3.06. The molecule has 0 bridgehead atoms. The van der Waals surface area contributed by atoms with Crippen molar-refractivity contribution in [2.24, 2.45) is 0 Å². The van der Waals surface area contributed by atoms with Gasteiger partial charge in [-0.3, -0.25) is 4.79 Å². The van der Waals surface area contributed by atoms with Crippen molar-refractivity contribution >= 4 is 5.91 Å². The molecule has 0 atom stereocenters. The first kappa shape index (κ1) is 17.9. The number of carbonyl (C=O) groups excluding carboxylic acids is 1. The molecule has 0 fully saturated rings. The van der Waals surface area contributed by atoms with Crippen LogP contribution in [0.4, 0.5) is 0 Å². The molecule has 5 nitrogen and oxygen atoms in total. The zero-order chi connectivity index (χ0) is 18.6. The molecule has 134 valence electrons. The smallest absolute Gasteiger partial charge is 0.230 e. The molecule has 3 aromatic rings. The highest BCUT2D eigenvalue weighted by atomic mass is 16.2. The van der Waals surface area contributed by atoms with E-state index >= 15 is 0 Å². The Balaban J connectivity index is 1.61. The number of carbonyl (C=O) groups is 1. The molecule has 0 unspecified atom stereocenters. The molecule has 26 heavy (non-hydrogen) atoms. The number of benzene rings is 2. The summed E-state index contributed by atoms with van der Waals surface area (Å²) in [5.74, 6) is 0.0264. The van der Waals surface area contributed by atoms with Crippen molar-refractivity contribution in [3.63, 3.8) is 0 Å². The van der Waals surface area contributed by atoms with Crippen LogP contribution < -0.4 is 5.32 Å². The van der Waals surface area contributed by atoms with Crippen molar-refractivity contribution < 1.29 is 4.79 Å². The van der Waals surface area contributed by atoms with E-state index in [1.807, 2.05) is 57.2 Å². The number of aromatic nitrogens is 3. The average molecular weight is 348 g/mol. The number of hydrogen-bond donors (Lipinski definition) is 1. The summed E-state index contributed by atoms with van der Waals surface area (Å²) >= 11 is 0. The topological polar surface area (TPSA) is 59.8 Å². The summed E-state index contributed by atoms with van der Waals surface area (Å²) in [4.78, 5) is 16.7. The SMILES string of the molecule is Cc1ccccc1C(C)(C)C(=O)NCc1ccc(Cn2cncn2)cc1. The third-order valence-electron chi connectivity index (χ3n) is 4.67. The Morgan fingerprint density at radius 2 is 1.77 bits per heavy atom. The molecule has 1 heterocycles. The zero-order valence-electron chi connectivity index (χ0n) is 15.4. The van der Waals surface area contributed by atoms with Crippen molar-refractivity contribution in [1.29, 1.82) is 0 Å². The standard InChI is InChI=1S/C21H24N4O/c1-16-6-4-5-7-19(16)21(2,3)20(26)23-12-17-8-10-18(11-9-17)13-25-15-22-14-24-25/h4-11,14-15H,12-13H2,1-3H3,(H,23,26). The van der Waals surface area contributed by atoms with E-state index < -0.39 is 5.41 Å². The Hall–Kier alpha value is -2.95. The van der Waals surface area contributed by atoms with Gasteiger partial charge in [0.1, 0.15) is 12.7 Å². The van der Waals surface area contributed by atoms with Crippen LogP contribution in [0.15, 0.2) is 61.2 Å². The highest BCUT2D eigenvalue weighted by Crippen LogP contribution is 2.26. The molecule has 3 rings (SSSR count). The summed E-state index contributed by atoms with van der Waals surface area (Å²) in [5.41, 5.74) is 3.83. The lowest BCUT2D eigenvalue weighted by atomic mass is 9.81. The second kappa shape index (κ2) is 7.52. The van der Waals surface area contributed by atoms with Crippen LogP contribution in [-0.2, 0) is 23.3 Å². The summed E-state index contributed by atoms with van der Waals surface area (Å²) in [6.45, 7) is 7.17. The van der Waals surface area contributed by atoms with E-state index in [9.17, 15) is 4.79 Å². The van der Waals surface area contributed by atoms with E-state index in [0.29, 0.717) is 13.1 Å². The number of nitrogens with zero attached hydrogens (tertiary/aromatic N) is 3. The molecular formula is C21H24N4O. The Kier molecular flexibility index (Phi) is 5.16. The summed E-state index contributed by atoms with van der Waals surface area (Å²) < 4.78 is 1.78. The van der Waals surface area contributed by atoms with Crippen LogP contribution in [-0.4, -0.2) is 20.7 Å². The molecule has 0 aliphatic carbocycles. The average Bonchev–Trinajstić information content (AvgIpc) is 3.14. The van der Waals surface area contributed by atoms with Crippen LogP contribution in [0.25, 0.3) is 0 Å². The number of amides is 1. The minimum atomic E-state index is -0.571. The number of hydrogen-bond acceptors (Lipinski definition) is 3. The predicted molar refractivity (Wildman–Crippen MR) is 102 cm³/mol. The van der Waals surface area contributed by atoms with E-state index in [1.54, 1.807) is 11.0 Å². The fraction of sp³-hybridized carbons (Fsp3) is 0.286. The van der Waals surface area contributed by atoms with Crippen molar-refractivity contribution in [2.45, 2.75) is 39.3 Å². The van der Waals surface area contributed by atoms with E-state index in [1.165, 1.54) is 6.33 Å². The first-order valence-corrected chi connectivity index (χ1v) is 8.71. The molecule has 2 aromatic carbocycles. The molecule has 0 saturated carbocycles. The van der Waals surface area contributed by atoms with Gasteiger partial charge in [0.05, 0.1) is 12.0 Å². The minimum absolute atomic E-state index is 0.0264. The van der Waals surface area contributed by atoms with E-state index in [4.69, 9.17) is 0 Å². The highest BCUT2D eigenvalue weighted by Gasteiger charge is 2.30. The van der Waals surface area contributed by atoms with E-state index in [0.717, 1.165) is 22.3 Å². The number of rotatable bonds is 6. The van der Waals surface area contributed by atoms with Gasteiger partial charge in [-0.25, -0.2) is 9.67 Å². The number of aryl methyl sites for hydroxylation is 1. The molecule has 1 amide bonds. The fourth-order valence-corrected chi connectivity index (χ4v) is 3.06. The maximum atomic E-state index is 12.7. The molecule has 0 spiro atoms. The van der Waals surface area contributed by atoms with Gasteiger partial charge in [0.15, 0.2) is 0 Å². The van der Waals surface area contributed by atoms with Crippen LogP contribution in [0.1, 0.15) is 36.1 Å². The Labute approximate surface area is 154 Å². The largest absolute Gasteiger partial charge is 0.351 e. The Morgan fingerprint density at radius 3 is 2.42 bits per heavy atom.